The minimum atomic E-state index is -1.09. The van der Waals surface area contributed by atoms with Gasteiger partial charge in [-0.3, -0.25) is 4.79 Å². The Labute approximate surface area is 143 Å². The molecule has 0 aliphatic rings. The smallest absolute Gasteiger partial charge is 0.335 e. The predicted octanol–water partition coefficient (Wildman–Crippen LogP) is 4.73. The number of carbonyl (C=O) groups excluding carboxylic acids is 1. The standard InChI is InChI=1S/C17H13Cl2NO3/c1-10(8-11-2-5-13(18)6-3-11)16(21)20-15-9-12(17(22)23)4-7-14(15)19/h2-9H,1H3,(H,20,21)(H,22,23)/b10-8+. The van der Waals surface area contributed by atoms with Crippen LogP contribution >= 0.6 is 23.2 Å². The van der Waals surface area contributed by atoms with Gasteiger partial charge in [0.25, 0.3) is 5.91 Å². The van der Waals surface area contributed by atoms with Crippen LogP contribution in [0, 0.1) is 0 Å². The third-order valence-corrected chi connectivity index (χ3v) is 3.65. The SMILES string of the molecule is C/C(=C\c1ccc(Cl)cc1)C(=O)Nc1cc(C(=O)O)ccc1Cl. The van der Waals surface area contributed by atoms with Crippen LogP contribution in [0.25, 0.3) is 6.08 Å². The Bertz CT molecular complexity index is 783. The molecular formula is C17H13Cl2NO3. The van der Waals surface area contributed by atoms with Crippen molar-refractivity contribution < 1.29 is 14.7 Å². The number of benzene rings is 2. The lowest BCUT2D eigenvalue weighted by atomic mass is 10.1. The summed E-state index contributed by atoms with van der Waals surface area (Å²) in [7, 11) is 0. The van der Waals surface area contributed by atoms with Crippen LogP contribution in [-0.2, 0) is 4.79 Å². The Morgan fingerprint density at radius 1 is 1.09 bits per heavy atom. The topological polar surface area (TPSA) is 66.4 Å². The zero-order valence-electron chi connectivity index (χ0n) is 12.1. The van der Waals surface area contributed by atoms with Gasteiger partial charge in [0, 0.05) is 10.6 Å². The number of hydrogen-bond acceptors (Lipinski definition) is 2. The maximum Gasteiger partial charge on any atom is 0.335 e. The molecule has 0 atom stereocenters. The molecule has 2 N–H and O–H groups in total. The lowest BCUT2D eigenvalue weighted by Crippen LogP contribution is -2.13. The van der Waals surface area contributed by atoms with Gasteiger partial charge in [0.1, 0.15) is 0 Å². The number of halogens is 2. The van der Waals surface area contributed by atoms with Gasteiger partial charge in [0.05, 0.1) is 16.3 Å². The van der Waals surface area contributed by atoms with E-state index in [9.17, 15) is 9.59 Å². The molecule has 0 saturated heterocycles. The molecule has 1 amide bonds. The monoisotopic (exact) mass is 349 g/mol. The predicted molar refractivity (Wildman–Crippen MR) is 92.1 cm³/mol. The summed E-state index contributed by atoms with van der Waals surface area (Å²) in [5, 5.41) is 12.5. The van der Waals surface area contributed by atoms with Crippen LogP contribution in [0.2, 0.25) is 10.0 Å². The first kappa shape index (κ1) is 17.1. The van der Waals surface area contributed by atoms with Crippen LogP contribution in [-0.4, -0.2) is 17.0 Å². The summed E-state index contributed by atoms with van der Waals surface area (Å²) in [4.78, 5) is 23.2. The molecule has 2 aromatic carbocycles. The van der Waals surface area contributed by atoms with Gasteiger partial charge in [0.15, 0.2) is 0 Å². The van der Waals surface area contributed by atoms with Crippen LogP contribution in [0.3, 0.4) is 0 Å². The normalized spacial score (nSPS) is 11.2. The van der Waals surface area contributed by atoms with Gasteiger partial charge in [0.2, 0.25) is 0 Å². The second kappa shape index (κ2) is 7.31. The molecule has 6 heteroatoms. The molecule has 0 aliphatic carbocycles. The van der Waals surface area contributed by atoms with E-state index in [1.54, 1.807) is 37.3 Å². The summed E-state index contributed by atoms with van der Waals surface area (Å²) in [6.07, 6.45) is 1.70. The summed E-state index contributed by atoms with van der Waals surface area (Å²) >= 11 is 11.8. The van der Waals surface area contributed by atoms with Gasteiger partial charge in [-0.25, -0.2) is 4.79 Å². The molecule has 0 saturated carbocycles. The Hall–Kier alpha value is -2.30. The number of hydrogen-bond donors (Lipinski definition) is 2. The average molecular weight is 350 g/mol. The van der Waals surface area contributed by atoms with Gasteiger partial charge in [-0.1, -0.05) is 35.3 Å². The Morgan fingerprint density at radius 3 is 2.35 bits per heavy atom. The zero-order valence-corrected chi connectivity index (χ0v) is 13.7. The minimum absolute atomic E-state index is 0.0454. The molecule has 118 valence electrons. The van der Waals surface area contributed by atoms with Crippen molar-refractivity contribution in [2.24, 2.45) is 0 Å². The lowest BCUT2D eigenvalue weighted by Gasteiger charge is -2.08. The molecule has 0 radical (unpaired) electrons. The maximum atomic E-state index is 12.2. The molecule has 0 spiro atoms. The van der Waals surface area contributed by atoms with Crippen molar-refractivity contribution in [3.63, 3.8) is 0 Å². The highest BCUT2D eigenvalue weighted by atomic mass is 35.5. The van der Waals surface area contributed by atoms with E-state index in [4.69, 9.17) is 28.3 Å². The quantitative estimate of drug-likeness (QED) is 0.783. The second-order valence-corrected chi connectivity index (χ2v) is 5.68. The number of aromatic carboxylic acids is 1. The van der Waals surface area contributed by atoms with E-state index < -0.39 is 5.97 Å². The summed E-state index contributed by atoms with van der Waals surface area (Å²) in [6.45, 7) is 1.65. The second-order valence-electron chi connectivity index (χ2n) is 4.83. The van der Waals surface area contributed by atoms with Crippen molar-refractivity contribution in [2.75, 3.05) is 5.32 Å². The highest BCUT2D eigenvalue weighted by Crippen LogP contribution is 2.24. The number of carboxylic acids is 1. The Balaban J connectivity index is 2.19. The molecule has 2 aromatic rings. The van der Waals surface area contributed by atoms with Crippen molar-refractivity contribution in [1.82, 2.24) is 0 Å². The number of anilines is 1. The third kappa shape index (κ3) is 4.58. The fraction of sp³-hybridized carbons (Fsp3) is 0.0588. The fourth-order valence-electron chi connectivity index (χ4n) is 1.85. The van der Waals surface area contributed by atoms with E-state index in [1.807, 2.05) is 0 Å². The highest BCUT2D eigenvalue weighted by Gasteiger charge is 2.11. The largest absolute Gasteiger partial charge is 0.478 e. The molecular weight excluding hydrogens is 337 g/mol. The van der Waals surface area contributed by atoms with E-state index in [0.29, 0.717) is 10.6 Å². The molecule has 0 heterocycles. The number of nitrogens with one attached hydrogen (secondary N) is 1. The van der Waals surface area contributed by atoms with Crippen molar-refractivity contribution in [3.05, 3.63) is 69.2 Å². The maximum absolute atomic E-state index is 12.2. The number of rotatable bonds is 4. The molecule has 4 nitrogen and oxygen atoms in total. The van der Waals surface area contributed by atoms with E-state index in [0.717, 1.165) is 5.56 Å². The number of carbonyl (C=O) groups is 2. The molecule has 0 aliphatic heterocycles. The summed E-state index contributed by atoms with van der Waals surface area (Å²) < 4.78 is 0. The Kier molecular flexibility index (Phi) is 5.42. The van der Waals surface area contributed by atoms with Crippen molar-refractivity contribution >= 4 is 46.8 Å². The summed E-state index contributed by atoms with van der Waals surface area (Å²) in [5.74, 6) is -1.46. The van der Waals surface area contributed by atoms with Gasteiger partial charge >= 0.3 is 5.97 Å². The van der Waals surface area contributed by atoms with E-state index in [-0.39, 0.29) is 22.2 Å². The first-order valence-electron chi connectivity index (χ1n) is 6.65. The van der Waals surface area contributed by atoms with Crippen LogP contribution in [0.4, 0.5) is 5.69 Å². The van der Waals surface area contributed by atoms with Crippen molar-refractivity contribution in [3.8, 4) is 0 Å². The molecule has 2 rings (SSSR count). The summed E-state index contributed by atoms with van der Waals surface area (Å²) in [5.41, 5.74) is 1.57. The molecule has 0 bridgehead atoms. The third-order valence-electron chi connectivity index (χ3n) is 3.07. The molecule has 23 heavy (non-hydrogen) atoms. The average Bonchev–Trinajstić information content (AvgIpc) is 2.51. The van der Waals surface area contributed by atoms with Crippen LogP contribution in [0.5, 0.6) is 0 Å². The van der Waals surface area contributed by atoms with Crippen LogP contribution in [0.15, 0.2) is 48.0 Å². The fourth-order valence-corrected chi connectivity index (χ4v) is 2.14. The van der Waals surface area contributed by atoms with Gasteiger partial charge in [-0.05, 0) is 48.9 Å². The van der Waals surface area contributed by atoms with Gasteiger partial charge in [-0.15, -0.1) is 0 Å². The van der Waals surface area contributed by atoms with Gasteiger partial charge < -0.3 is 10.4 Å². The first-order chi connectivity index (χ1) is 10.9. The van der Waals surface area contributed by atoms with Crippen molar-refractivity contribution in [1.29, 1.82) is 0 Å². The molecule has 0 fully saturated rings. The summed E-state index contributed by atoms with van der Waals surface area (Å²) in [6, 6.07) is 11.2. The minimum Gasteiger partial charge on any atom is -0.478 e. The van der Waals surface area contributed by atoms with E-state index in [2.05, 4.69) is 5.32 Å². The number of carboxylic acid groups (broad SMARTS) is 1. The van der Waals surface area contributed by atoms with E-state index >= 15 is 0 Å². The molecule has 0 aromatic heterocycles. The zero-order chi connectivity index (χ0) is 17.0. The number of amides is 1. The Morgan fingerprint density at radius 2 is 1.74 bits per heavy atom. The van der Waals surface area contributed by atoms with Crippen LogP contribution < -0.4 is 5.32 Å². The van der Waals surface area contributed by atoms with Gasteiger partial charge in [-0.2, -0.15) is 0 Å². The van der Waals surface area contributed by atoms with Crippen LogP contribution in [0.1, 0.15) is 22.8 Å². The highest BCUT2D eigenvalue weighted by molar-refractivity contribution is 6.34. The van der Waals surface area contributed by atoms with Crippen molar-refractivity contribution in [2.45, 2.75) is 6.92 Å². The lowest BCUT2D eigenvalue weighted by molar-refractivity contribution is -0.112. The first-order valence-corrected chi connectivity index (χ1v) is 7.40. The molecule has 0 unspecified atom stereocenters. The van der Waals surface area contributed by atoms with E-state index in [1.165, 1.54) is 18.2 Å².